The van der Waals surface area contributed by atoms with Crippen molar-refractivity contribution >= 4 is 29.1 Å². The molecule has 7 nitrogen and oxygen atoms in total. The summed E-state index contributed by atoms with van der Waals surface area (Å²) in [6, 6.07) is 18.9. The van der Waals surface area contributed by atoms with Crippen LogP contribution in [0.25, 0.3) is 11.1 Å². The van der Waals surface area contributed by atoms with Crippen LogP contribution in [0.15, 0.2) is 71.2 Å². The lowest BCUT2D eigenvalue weighted by molar-refractivity contribution is 0.132. The second-order valence-electron chi connectivity index (χ2n) is 11.1. The van der Waals surface area contributed by atoms with Crippen LogP contribution in [0.3, 0.4) is 0 Å². The highest BCUT2D eigenvalue weighted by Crippen LogP contribution is 2.66. The molecule has 4 unspecified atom stereocenters. The number of allylic oxidation sites excluding steroid dienone is 1. The predicted molar refractivity (Wildman–Crippen MR) is 172 cm³/mol. The third-order valence-corrected chi connectivity index (χ3v) is 9.45. The number of benzene rings is 2. The van der Waals surface area contributed by atoms with Crippen molar-refractivity contribution in [2.75, 3.05) is 28.8 Å². The van der Waals surface area contributed by atoms with Crippen LogP contribution < -0.4 is 14.7 Å². The maximum absolute atomic E-state index is 10.00. The first-order chi connectivity index (χ1) is 20.4. The molecule has 0 fully saturated rings. The Hall–Kier alpha value is -4.75. The van der Waals surface area contributed by atoms with Gasteiger partial charge in [-0.3, -0.25) is 0 Å². The Labute approximate surface area is 249 Å². The molecule has 0 radical (unpaired) electrons. The smallest absolute Gasteiger partial charge is 0.167 e. The van der Waals surface area contributed by atoms with Gasteiger partial charge in [-0.1, -0.05) is 45.9 Å². The Kier molecular flexibility index (Phi) is 6.50. The number of rotatable bonds is 3. The molecular formula is C35H37N7. The predicted octanol–water partition coefficient (Wildman–Crippen LogP) is 6.84. The Morgan fingerprint density at radius 1 is 1.05 bits per heavy atom. The Balaban J connectivity index is 0.00000155. The molecule has 0 N–H and O–H groups in total. The molecule has 1 aromatic heterocycles. The molecule has 212 valence electrons. The van der Waals surface area contributed by atoms with Gasteiger partial charge in [-0.2, -0.15) is 5.26 Å². The average molecular weight is 556 g/mol. The average Bonchev–Trinajstić information content (AvgIpc) is 3.59. The summed E-state index contributed by atoms with van der Waals surface area (Å²) in [5.41, 5.74) is 7.73. The summed E-state index contributed by atoms with van der Waals surface area (Å²) in [6.07, 6.45) is 10.8. The Morgan fingerprint density at radius 3 is 2.43 bits per heavy atom. The molecule has 0 spiro atoms. The lowest BCUT2D eigenvalue weighted by atomic mass is 9.64. The fourth-order valence-electron chi connectivity index (χ4n) is 7.99. The molecule has 0 saturated carbocycles. The molecule has 42 heavy (non-hydrogen) atoms. The lowest BCUT2D eigenvalue weighted by Gasteiger charge is -2.52. The molecule has 0 saturated heterocycles. The van der Waals surface area contributed by atoms with Gasteiger partial charge in [0, 0.05) is 43.4 Å². The van der Waals surface area contributed by atoms with E-state index >= 15 is 0 Å². The van der Waals surface area contributed by atoms with Crippen molar-refractivity contribution in [3.63, 3.8) is 0 Å². The van der Waals surface area contributed by atoms with Crippen molar-refractivity contribution in [3.8, 4) is 29.5 Å². The van der Waals surface area contributed by atoms with Gasteiger partial charge in [-0.15, -0.1) is 6.42 Å². The minimum atomic E-state index is -0.247. The zero-order valence-corrected chi connectivity index (χ0v) is 25.4. The van der Waals surface area contributed by atoms with Crippen LogP contribution in [0.5, 0.6) is 0 Å². The van der Waals surface area contributed by atoms with Crippen molar-refractivity contribution in [2.24, 2.45) is 10.9 Å². The summed E-state index contributed by atoms with van der Waals surface area (Å²) < 4.78 is 0. The third-order valence-electron chi connectivity index (χ3n) is 9.45. The minimum absolute atomic E-state index is 0.00779. The SMILES string of the molecule is C#CC1=C(/N=C\C)N2c3cc(-c4ccccc4C#N)cc4c3C(C)(C(CC)C2N1C)C1N(C)c2cccnc2N41.CC. The highest BCUT2D eigenvalue weighted by molar-refractivity contribution is 5.94. The first-order valence-electron chi connectivity index (χ1n) is 14.8. The van der Waals surface area contributed by atoms with Gasteiger partial charge in [-0.25, -0.2) is 9.98 Å². The zero-order valence-electron chi connectivity index (χ0n) is 25.4. The second kappa shape index (κ2) is 9.96. The zero-order chi connectivity index (χ0) is 29.9. The summed E-state index contributed by atoms with van der Waals surface area (Å²) in [4.78, 5) is 19.1. The molecule has 0 bridgehead atoms. The van der Waals surface area contributed by atoms with Gasteiger partial charge in [0.15, 0.2) is 11.6 Å². The number of hydrogen-bond acceptors (Lipinski definition) is 7. The van der Waals surface area contributed by atoms with E-state index in [9.17, 15) is 5.26 Å². The second-order valence-corrected chi connectivity index (χ2v) is 11.1. The van der Waals surface area contributed by atoms with E-state index < -0.39 is 0 Å². The van der Waals surface area contributed by atoms with E-state index in [2.05, 4.69) is 77.7 Å². The van der Waals surface area contributed by atoms with Crippen LogP contribution in [0.1, 0.15) is 52.2 Å². The molecule has 2 aromatic carbocycles. The molecule has 4 atom stereocenters. The summed E-state index contributed by atoms with van der Waals surface area (Å²) in [5.74, 6) is 4.95. The maximum atomic E-state index is 10.00. The van der Waals surface area contributed by atoms with Gasteiger partial charge in [0.1, 0.15) is 18.0 Å². The summed E-state index contributed by atoms with van der Waals surface area (Å²) in [6.45, 7) is 10.6. The van der Waals surface area contributed by atoms with E-state index in [4.69, 9.17) is 16.4 Å². The molecule has 5 heterocycles. The molecule has 0 aliphatic carbocycles. The highest BCUT2D eigenvalue weighted by Gasteiger charge is 2.65. The number of hydrogen-bond donors (Lipinski definition) is 0. The largest absolute Gasteiger partial charge is 0.350 e. The normalized spacial score (nSPS) is 24.5. The topological polar surface area (TPSA) is 62.0 Å². The van der Waals surface area contributed by atoms with Gasteiger partial charge in [0.25, 0.3) is 0 Å². The van der Waals surface area contributed by atoms with E-state index in [0.717, 1.165) is 51.9 Å². The Bertz CT molecular complexity index is 1720. The first kappa shape index (κ1) is 27.4. The lowest BCUT2D eigenvalue weighted by Crippen LogP contribution is -2.61. The van der Waals surface area contributed by atoms with E-state index in [1.54, 1.807) is 0 Å². The molecule has 7 rings (SSSR count). The monoisotopic (exact) mass is 555 g/mol. The molecule has 7 heteroatoms. The van der Waals surface area contributed by atoms with Gasteiger partial charge >= 0.3 is 0 Å². The van der Waals surface area contributed by atoms with Crippen LogP contribution >= 0.6 is 0 Å². The van der Waals surface area contributed by atoms with Crippen molar-refractivity contribution in [2.45, 2.75) is 58.8 Å². The number of pyridine rings is 1. The van der Waals surface area contributed by atoms with Crippen LogP contribution in [0.2, 0.25) is 0 Å². The number of aliphatic imine (C=N–C) groups is 1. The number of nitrogens with zero attached hydrogens (tertiary/aromatic N) is 7. The summed E-state index contributed by atoms with van der Waals surface area (Å²) >= 11 is 0. The van der Waals surface area contributed by atoms with Crippen molar-refractivity contribution in [3.05, 3.63) is 77.4 Å². The van der Waals surface area contributed by atoms with E-state index in [1.165, 1.54) is 5.56 Å². The number of nitriles is 1. The third kappa shape index (κ3) is 3.28. The highest BCUT2D eigenvalue weighted by atomic mass is 15.5. The number of terminal acetylenes is 1. The fourth-order valence-corrected chi connectivity index (χ4v) is 7.99. The fraction of sp³-hybridized carbons (Fsp3) is 0.343. The van der Waals surface area contributed by atoms with Gasteiger partial charge in [0.2, 0.25) is 0 Å². The number of likely N-dealkylation sites (N-methyl/N-ethyl adjacent to an activating group) is 1. The number of aromatic nitrogens is 1. The van der Waals surface area contributed by atoms with Crippen LogP contribution in [0.4, 0.5) is 22.9 Å². The number of fused-ring (bicyclic) bond motifs is 7. The minimum Gasteiger partial charge on any atom is -0.350 e. The van der Waals surface area contributed by atoms with Gasteiger partial charge in [-0.05, 0) is 60.7 Å². The summed E-state index contributed by atoms with van der Waals surface area (Å²) in [5, 5.41) is 10.00. The van der Waals surface area contributed by atoms with Crippen LogP contribution in [-0.4, -0.2) is 42.5 Å². The molecule has 0 amide bonds. The van der Waals surface area contributed by atoms with E-state index in [1.807, 2.05) is 63.5 Å². The number of anilines is 4. The maximum Gasteiger partial charge on any atom is 0.167 e. The summed E-state index contributed by atoms with van der Waals surface area (Å²) in [7, 11) is 4.28. The molecule has 3 aromatic rings. The van der Waals surface area contributed by atoms with Crippen LogP contribution in [0, 0.1) is 29.6 Å². The van der Waals surface area contributed by atoms with E-state index in [-0.39, 0.29) is 23.7 Å². The molecule has 4 aliphatic heterocycles. The van der Waals surface area contributed by atoms with Gasteiger partial charge in [0.05, 0.1) is 28.7 Å². The van der Waals surface area contributed by atoms with Crippen molar-refractivity contribution in [1.82, 2.24) is 9.88 Å². The van der Waals surface area contributed by atoms with E-state index in [0.29, 0.717) is 5.56 Å². The molecule has 4 aliphatic rings. The quantitative estimate of drug-likeness (QED) is 0.260. The molecular weight excluding hydrogens is 518 g/mol. The van der Waals surface area contributed by atoms with Crippen molar-refractivity contribution < 1.29 is 0 Å². The van der Waals surface area contributed by atoms with Crippen molar-refractivity contribution in [1.29, 1.82) is 5.26 Å². The first-order valence-corrected chi connectivity index (χ1v) is 14.8. The van der Waals surface area contributed by atoms with Gasteiger partial charge < -0.3 is 19.6 Å². The van der Waals surface area contributed by atoms with Crippen LogP contribution in [-0.2, 0) is 5.41 Å². The Morgan fingerprint density at radius 2 is 1.76 bits per heavy atom. The standard InChI is InChI=1S/C33H31N7.C2H6/c1-7-23-31-37(5)24(8-2)29(35-9-3)39(31)26-17-21(22-14-11-10-13-20(22)19-34)18-27-28(26)33(23,4)32-38(6)25-15-12-16-36-30(25)40(27)32;1-2/h2,9-18,23,31-32H,7H2,1,3-6H3;1-2H3/b35-9-;.